The molecule has 1 aromatic heterocycles. The summed E-state index contributed by atoms with van der Waals surface area (Å²) < 4.78 is 0. The van der Waals surface area contributed by atoms with Crippen molar-refractivity contribution >= 4 is 17.6 Å². The van der Waals surface area contributed by atoms with Crippen molar-refractivity contribution < 1.29 is 4.79 Å². The van der Waals surface area contributed by atoms with E-state index in [4.69, 9.17) is 0 Å². The van der Waals surface area contributed by atoms with Crippen molar-refractivity contribution in [3.05, 3.63) is 41.0 Å². The Morgan fingerprint density at radius 3 is 2.39 bits per heavy atom. The first kappa shape index (κ1) is 13.0. The standard InChI is InChI=1S/C15H17NOS/c1-10(8-17)11(2)13-4-6-14(7-5-13)15-12(3)16-9-18-15/h4-11H,1-3H3/t10?,11-/m1/s1. The van der Waals surface area contributed by atoms with E-state index in [2.05, 4.69) is 36.2 Å². The Labute approximate surface area is 112 Å². The maximum absolute atomic E-state index is 10.8. The molecule has 0 aliphatic rings. The summed E-state index contributed by atoms with van der Waals surface area (Å²) in [5.41, 5.74) is 5.35. The van der Waals surface area contributed by atoms with Crippen LogP contribution in [0.5, 0.6) is 0 Å². The average Bonchev–Trinajstić information content (AvgIpc) is 2.83. The number of carbonyl (C=O) groups excluding carboxylic acids is 1. The Kier molecular flexibility index (Phi) is 3.92. The van der Waals surface area contributed by atoms with Crippen LogP contribution in [0.1, 0.15) is 31.0 Å². The first-order valence-corrected chi connectivity index (χ1v) is 6.97. The topological polar surface area (TPSA) is 30.0 Å². The fraction of sp³-hybridized carbons (Fsp3) is 0.333. The smallest absolute Gasteiger partial charge is 0.123 e. The highest BCUT2D eigenvalue weighted by molar-refractivity contribution is 7.13. The molecule has 2 nitrogen and oxygen atoms in total. The van der Waals surface area contributed by atoms with Gasteiger partial charge in [0, 0.05) is 5.92 Å². The Balaban J connectivity index is 2.26. The van der Waals surface area contributed by atoms with Crippen molar-refractivity contribution in [2.45, 2.75) is 26.7 Å². The molecule has 0 saturated carbocycles. The predicted octanol–water partition coefficient (Wildman–Crippen LogP) is 4.06. The van der Waals surface area contributed by atoms with Crippen LogP contribution in [0.2, 0.25) is 0 Å². The van der Waals surface area contributed by atoms with Crippen LogP contribution >= 0.6 is 11.3 Å². The van der Waals surface area contributed by atoms with Gasteiger partial charge in [-0.3, -0.25) is 0 Å². The third-order valence-corrected chi connectivity index (χ3v) is 4.43. The Morgan fingerprint density at radius 1 is 1.22 bits per heavy atom. The van der Waals surface area contributed by atoms with E-state index in [0.717, 1.165) is 12.0 Å². The second kappa shape index (κ2) is 5.44. The van der Waals surface area contributed by atoms with E-state index < -0.39 is 0 Å². The van der Waals surface area contributed by atoms with Crippen LogP contribution in [0, 0.1) is 12.8 Å². The van der Waals surface area contributed by atoms with Crippen molar-refractivity contribution in [1.82, 2.24) is 4.98 Å². The van der Waals surface area contributed by atoms with Gasteiger partial charge in [-0.1, -0.05) is 38.1 Å². The van der Waals surface area contributed by atoms with Crippen LogP contribution in [-0.2, 0) is 4.79 Å². The molecule has 1 unspecified atom stereocenters. The molecular formula is C15H17NOS. The number of thiazole rings is 1. The molecule has 0 saturated heterocycles. The first-order chi connectivity index (χ1) is 8.63. The molecule has 0 spiro atoms. The zero-order chi connectivity index (χ0) is 13.1. The molecule has 0 N–H and O–H groups in total. The monoisotopic (exact) mass is 259 g/mol. The maximum atomic E-state index is 10.8. The van der Waals surface area contributed by atoms with Crippen LogP contribution < -0.4 is 0 Å². The fourth-order valence-corrected chi connectivity index (χ4v) is 2.75. The van der Waals surface area contributed by atoms with E-state index in [1.807, 2.05) is 19.4 Å². The van der Waals surface area contributed by atoms with Crippen LogP contribution in [0.3, 0.4) is 0 Å². The number of aromatic nitrogens is 1. The van der Waals surface area contributed by atoms with E-state index in [1.54, 1.807) is 11.3 Å². The third kappa shape index (κ3) is 2.51. The van der Waals surface area contributed by atoms with E-state index >= 15 is 0 Å². The Morgan fingerprint density at radius 2 is 1.89 bits per heavy atom. The number of rotatable bonds is 4. The normalized spacial score (nSPS) is 14.2. The molecule has 2 atom stereocenters. The zero-order valence-electron chi connectivity index (χ0n) is 10.9. The summed E-state index contributed by atoms with van der Waals surface area (Å²) in [4.78, 5) is 16.3. The lowest BCUT2D eigenvalue weighted by atomic mass is 9.89. The van der Waals surface area contributed by atoms with Crippen LogP contribution in [0.15, 0.2) is 29.8 Å². The Hall–Kier alpha value is -1.48. The number of carbonyl (C=O) groups is 1. The molecule has 0 radical (unpaired) electrons. The van der Waals surface area contributed by atoms with E-state index in [9.17, 15) is 4.79 Å². The van der Waals surface area contributed by atoms with Crippen molar-refractivity contribution in [2.24, 2.45) is 5.92 Å². The summed E-state index contributed by atoms with van der Waals surface area (Å²) in [5.74, 6) is 0.320. The molecular weight excluding hydrogens is 242 g/mol. The highest BCUT2D eigenvalue weighted by Crippen LogP contribution is 2.29. The second-order valence-electron chi connectivity index (χ2n) is 4.67. The van der Waals surface area contributed by atoms with Crippen LogP contribution in [0.4, 0.5) is 0 Å². The number of nitrogens with zero attached hydrogens (tertiary/aromatic N) is 1. The number of benzene rings is 1. The third-order valence-electron chi connectivity index (χ3n) is 3.45. The number of aldehydes is 1. The van der Waals surface area contributed by atoms with Crippen LogP contribution in [0.25, 0.3) is 10.4 Å². The summed E-state index contributed by atoms with van der Waals surface area (Å²) in [6.45, 7) is 6.07. The molecule has 0 fully saturated rings. The number of hydrogen-bond acceptors (Lipinski definition) is 3. The maximum Gasteiger partial charge on any atom is 0.123 e. The van der Waals surface area contributed by atoms with Gasteiger partial charge in [0.2, 0.25) is 0 Å². The van der Waals surface area contributed by atoms with Crippen molar-refractivity contribution in [2.75, 3.05) is 0 Å². The van der Waals surface area contributed by atoms with Gasteiger partial charge in [-0.2, -0.15) is 0 Å². The highest BCUT2D eigenvalue weighted by atomic mass is 32.1. The summed E-state index contributed by atoms with van der Waals surface area (Å²) >= 11 is 1.66. The van der Waals surface area contributed by atoms with Gasteiger partial charge in [-0.25, -0.2) is 4.98 Å². The molecule has 0 amide bonds. The van der Waals surface area contributed by atoms with Crippen LogP contribution in [-0.4, -0.2) is 11.3 Å². The minimum Gasteiger partial charge on any atom is -0.303 e. The molecule has 18 heavy (non-hydrogen) atoms. The van der Waals surface area contributed by atoms with Gasteiger partial charge < -0.3 is 4.79 Å². The first-order valence-electron chi connectivity index (χ1n) is 6.09. The second-order valence-corrected chi connectivity index (χ2v) is 5.53. The van der Waals surface area contributed by atoms with E-state index in [0.29, 0.717) is 0 Å². The molecule has 3 heteroatoms. The quantitative estimate of drug-likeness (QED) is 0.775. The molecule has 2 rings (SSSR count). The average molecular weight is 259 g/mol. The van der Waals surface area contributed by atoms with Crippen molar-refractivity contribution in [3.8, 4) is 10.4 Å². The molecule has 94 valence electrons. The lowest BCUT2D eigenvalue weighted by Gasteiger charge is -2.15. The predicted molar refractivity (Wildman–Crippen MR) is 75.9 cm³/mol. The highest BCUT2D eigenvalue weighted by Gasteiger charge is 2.13. The summed E-state index contributed by atoms with van der Waals surface area (Å²) in [7, 11) is 0. The van der Waals surface area contributed by atoms with Crippen molar-refractivity contribution in [3.63, 3.8) is 0 Å². The molecule has 2 aromatic rings. The SMILES string of the molecule is Cc1ncsc1-c1ccc([C@H](C)C(C)C=O)cc1. The number of aryl methyl sites for hydroxylation is 1. The van der Waals surface area contributed by atoms with E-state index in [-0.39, 0.29) is 11.8 Å². The van der Waals surface area contributed by atoms with Gasteiger partial charge in [-0.15, -0.1) is 11.3 Å². The summed E-state index contributed by atoms with van der Waals surface area (Å²) in [5, 5.41) is 0. The summed E-state index contributed by atoms with van der Waals surface area (Å²) in [6, 6.07) is 8.45. The zero-order valence-corrected chi connectivity index (χ0v) is 11.7. The summed E-state index contributed by atoms with van der Waals surface area (Å²) in [6.07, 6.45) is 1.02. The van der Waals surface area contributed by atoms with Gasteiger partial charge in [0.05, 0.1) is 16.1 Å². The Bertz CT molecular complexity index is 530. The van der Waals surface area contributed by atoms with Gasteiger partial charge in [0.15, 0.2) is 0 Å². The van der Waals surface area contributed by atoms with Gasteiger partial charge in [-0.05, 0) is 24.0 Å². The molecule has 0 aliphatic carbocycles. The molecule has 1 heterocycles. The molecule has 1 aromatic carbocycles. The van der Waals surface area contributed by atoms with E-state index in [1.165, 1.54) is 16.0 Å². The largest absolute Gasteiger partial charge is 0.303 e. The molecule has 0 aliphatic heterocycles. The van der Waals surface area contributed by atoms with Crippen molar-refractivity contribution in [1.29, 1.82) is 0 Å². The number of hydrogen-bond donors (Lipinski definition) is 0. The lowest BCUT2D eigenvalue weighted by Crippen LogP contribution is -2.07. The minimum absolute atomic E-state index is 0.0565. The minimum atomic E-state index is 0.0565. The van der Waals surface area contributed by atoms with Gasteiger partial charge in [0.1, 0.15) is 6.29 Å². The molecule has 0 bridgehead atoms. The van der Waals surface area contributed by atoms with Gasteiger partial charge >= 0.3 is 0 Å². The fourth-order valence-electron chi connectivity index (χ4n) is 1.94. The lowest BCUT2D eigenvalue weighted by molar-refractivity contribution is -0.111. The van der Waals surface area contributed by atoms with Gasteiger partial charge in [0.25, 0.3) is 0 Å².